The van der Waals surface area contributed by atoms with Gasteiger partial charge in [0.25, 0.3) is 0 Å². The summed E-state index contributed by atoms with van der Waals surface area (Å²) in [5.74, 6) is 0.830. The van der Waals surface area contributed by atoms with Gasteiger partial charge in [-0.3, -0.25) is 4.68 Å². The molecule has 0 saturated carbocycles. The lowest BCUT2D eigenvalue weighted by Gasteiger charge is -2.40. The number of aliphatic hydroxyl groups excluding tert-OH is 1. The molecule has 1 saturated heterocycles. The topological polar surface area (TPSA) is 74.4 Å². The zero-order valence-corrected chi connectivity index (χ0v) is 13.9. The van der Waals surface area contributed by atoms with Gasteiger partial charge in [-0.2, -0.15) is 5.10 Å². The summed E-state index contributed by atoms with van der Waals surface area (Å²) in [4.78, 5) is 6.52. The highest BCUT2D eigenvalue weighted by Crippen LogP contribution is 2.25. The van der Waals surface area contributed by atoms with E-state index >= 15 is 0 Å². The first-order valence-electron chi connectivity index (χ1n) is 7.96. The van der Waals surface area contributed by atoms with Crippen LogP contribution < -0.4 is 4.90 Å². The smallest absolute Gasteiger partial charge is 0.128 e. The number of nitrogens with zero attached hydrogens (tertiary/aromatic N) is 4. The van der Waals surface area contributed by atoms with Gasteiger partial charge in [0.1, 0.15) is 5.82 Å². The van der Waals surface area contributed by atoms with Crippen LogP contribution in [0.5, 0.6) is 0 Å². The third-order valence-corrected chi connectivity index (χ3v) is 4.57. The molecule has 0 aromatic carbocycles. The van der Waals surface area contributed by atoms with E-state index in [-0.39, 0.29) is 0 Å². The molecule has 6 nitrogen and oxygen atoms in total. The van der Waals surface area contributed by atoms with Gasteiger partial charge in [-0.1, -0.05) is 6.07 Å². The molecule has 0 unspecified atom stereocenters. The Bertz CT molecular complexity index is 678. The maximum absolute atomic E-state index is 10.0. The minimum Gasteiger partial charge on any atom is -0.388 e. The number of hydrogen-bond donors (Lipinski definition) is 2. The van der Waals surface area contributed by atoms with Gasteiger partial charge in [0, 0.05) is 25.0 Å². The average Bonchev–Trinajstić information content (AvgIpc) is 2.81. The second kappa shape index (κ2) is 5.94. The van der Waals surface area contributed by atoms with E-state index in [9.17, 15) is 10.2 Å². The summed E-state index contributed by atoms with van der Waals surface area (Å²) in [6.45, 7) is 7.50. The Balaban J connectivity index is 1.69. The minimum atomic E-state index is -1.01. The molecule has 3 rings (SSSR count). The van der Waals surface area contributed by atoms with Crippen LogP contribution in [0.2, 0.25) is 0 Å². The van der Waals surface area contributed by atoms with Crippen molar-refractivity contribution in [2.75, 3.05) is 18.0 Å². The fraction of sp³-hybridized carbons (Fsp3) is 0.529. The highest BCUT2D eigenvalue weighted by Gasteiger charge is 2.36. The van der Waals surface area contributed by atoms with E-state index < -0.39 is 11.7 Å². The second-order valence-corrected chi connectivity index (χ2v) is 6.68. The van der Waals surface area contributed by atoms with Gasteiger partial charge in [0.05, 0.1) is 23.9 Å². The van der Waals surface area contributed by atoms with Gasteiger partial charge in [-0.15, -0.1) is 0 Å². The van der Waals surface area contributed by atoms with Gasteiger partial charge in [0.2, 0.25) is 0 Å². The van der Waals surface area contributed by atoms with E-state index in [0.29, 0.717) is 26.1 Å². The monoisotopic (exact) mass is 316 g/mol. The normalized spacial score (nSPS) is 24.9. The molecule has 1 aliphatic heterocycles. The molecule has 0 amide bonds. The molecular formula is C17H24N4O2. The second-order valence-electron chi connectivity index (χ2n) is 6.68. The number of hydrogen-bond acceptors (Lipinski definition) is 5. The fourth-order valence-electron chi connectivity index (χ4n) is 2.94. The standard InChI is InChI=1S/C17H24N4O2/c1-12-8-13(2)21(19-12)10-14-4-5-16(18-9-14)20-7-6-17(3,23)15(22)11-20/h4-5,8-9,15,22-23H,6-7,10-11H2,1-3H3/t15-,17-/m0/s1. The highest BCUT2D eigenvalue weighted by molar-refractivity contribution is 5.40. The Hall–Kier alpha value is -1.92. The Morgan fingerprint density at radius 2 is 2.13 bits per heavy atom. The number of β-amino-alcohol motifs (C(OH)–C–C–N with tert-alkyl or cyclic N) is 1. The quantitative estimate of drug-likeness (QED) is 0.892. The predicted molar refractivity (Wildman–Crippen MR) is 88.5 cm³/mol. The Labute approximate surface area is 136 Å². The van der Waals surface area contributed by atoms with Crippen LogP contribution in [0, 0.1) is 13.8 Å². The van der Waals surface area contributed by atoms with Crippen LogP contribution in [-0.4, -0.2) is 49.8 Å². The molecule has 23 heavy (non-hydrogen) atoms. The summed E-state index contributed by atoms with van der Waals surface area (Å²) in [5, 5.41) is 24.5. The third kappa shape index (κ3) is 3.38. The number of rotatable bonds is 3. The molecule has 0 spiro atoms. The van der Waals surface area contributed by atoms with Gasteiger partial charge >= 0.3 is 0 Å². The number of aryl methyl sites for hydroxylation is 2. The van der Waals surface area contributed by atoms with Crippen molar-refractivity contribution in [1.29, 1.82) is 0 Å². The van der Waals surface area contributed by atoms with Crippen LogP contribution >= 0.6 is 0 Å². The number of anilines is 1. The van der Waals surface area contributed by atoms with Crippen molar-refractivity contribution in [1.82, 2.24) is 14.8 Å². The van der Waals surface area contributed by atoms with E-state index in [1.54, 1.807) is 6.92 Å². The van der Waals surface area contributed by atoms with Crippen LogP contribution in [0.1, 0.15) is 30.3 Å². The van der Waals surface area contributed by atoms with E-state index in [1.807, 2.05) is 41.8 Å². The van der Waals surface area contributed by atoms with Crippen molar-refractivity contribution in [3.8, 4) is 0 Å². The van der Waals surface area contributed by atoms with Gasteiger partial charge in [-0.05, 0) is 44.9 Å². The van der Waals surface area contributed by atoms with Crippen molar-refractivity contribution < 1.29 is 10.2 Å². The van der Waals surface area contributed by atoms with Crippen molar-refractivity contribution in [2.24, 2.45) is 0 Å². The number of piperidine rings is 1. The third-order valence-electron chi connectivity index (χ3n) is 4.57. The molecule has 0 bridgehead atoms. The van der Waals surface area contributed by atoms with Crippen molar-refractivity contribution in [3.05, 3.63) is 41.3 Å². The maximum Gasteiger partial charge on any atom is 0.128 e. The van der Waals surface area contributed by atoms with Crippen LogP contribution in [0.3, 0.4) is 0 Å². The Kier molecular flexibility index (Phi) is 4.12. The molecule has 2 N–H and O–H groups in total. The molecule has 1 aliphatic rings. The largest absolute Gasteiger partial charge is 0.388 e. The minimum absolute atomic E-state index is 0.400. The fourth-order valence-corrected chi connectivity index (χ4v) is 2.94. The number of aliphatic hydroxyl groups is 2. The lowest BCUT2D eigenvalue weighted by molar-refractivity contribution is -0.0722. The lowest BCUT2D eigenvalue weighted by atomic mass is 9.91. The summed E-state index contributed by atoms with van der Waals surface area (Å²) >= 11 is 0. The van der Waals surface area contributed by atoms with Crippen LogP contribution in [0.15, 0.2) is 24.4 Å². The average molecular weight is 316 g/mol. The highest BCUT2D eigenvalue weighted by atomic mass is 16.3. The molecule has 1 fully saturated rings. The SMILES string of the molecule is Cc1cc(C)n(Cc2ccc(N3CC[C@](C)(O)[C@@H](O)C3)nc2)n1. The first-order chi connectivity index (χ1) is 10.8. The molecule has 124 valence electrons. The Morgan fingerprint density at radius 3 is 2.70 bits per heavy atom. The first-order valence-corrected chi connectivity index (χ1v) is 7.96. The van der Waals surface area contributed by atoms with Crippen LogP contribution in [0.4, 0.5) is 5.82 Å². The number of pyridine rings is 1. The van der Waals surface area contributed by atoms with Crippen molar-refractivity contribution in [3.63, 3.8) is 0 Å². The summed E-state index contributed by atoms with van der Waals surface area (Å²) < 4.78 is 1.97. The maximum atomic E-state index is 10.0. The molecule has 3 heterocycles. The van der Waals surface area contributed by atoms with Crippen LogP contribution in [-0.2, 0) is 6.54 Å². The molecule has 2 aromatic heterocycles. The zero-order chi connectivity index (χ0) is 16.6. The van der Waals surface area contributed by atoms with E-state index in [4.69, 9.17) is 0 Å². The summed E-state index contributed by atoms with van der Waals surface area (Å²) in [6.07, 6.45) is 1.63. The molecular weight excluding hydrogens is 292 g/mol. The number of aromatic nitrogens is 3. The molecule has 2 atom stereocenters. The summed E-state index contributed by atoms with van der Waals surface area (Å²) in [7, 11) is 0. The molecule has 6 heteroatoms. The summed E-state index contributed by atoms with van der Waals surface area (Å²) in [5.41, 5.74) is 2.23. The van der Waals surface area contributed by atoms with Gasteiger partial charge in [-0.25, -0.2) is 4.98 Å². The van der Waals surface area contributed by atoms with E-state index in [2.05, 4.69) is 16.1 Å². The summed E-state index contributed by atoms with van der Waals surface area (Å²) in [6, 6.07) is 6.06. The Morgan fingerprint density at radius 1 is 1.35 bits per heavy atom. The molecule has 2 aromatic rings. The van der Waals surface area contributed by atoms with Crippen molar-refractivity contribution in [2.45, 2.75) is 45.4 Å². The predicted octanol–water partition coefficient (Wildman–Crippen LogP) is 1.27. The zero-order valence-electron chi connectivity index (χ0n) is 13.9. The van der Waals surface area contributed by atoms with Crippen molar-refractivity contribution >= 4 is 5.82 Å². The van der Waals surface area contributed by atoms with E-state index in [0.717, 1.165) is 22.8 Å². The van der Waals surface area contributed by atoms with Crippen LogP contribution in [0.25, 0.3) is 0 Å². The first kappa shape index (κ1) is 16.0. The van der Waals surface area contributed by atoms with Gasteiger partial charge < -0.3 is 15.1 Å². The molecule has 0 aliphatic carbocycles. The molecule has 0 radical (unpaired) electrons. The van der Waals surface area contributed by atoms with E-state index in [1.165, 1.54) is 0 Å². The van der Waals surface area contributed by atoms with Gasteiger partial charge in [0.15, 0.2) is 0 Å². The lowest BCUT2D eigenvalue weighted by Crippen LogP contribution is -2.54.